The van der Waals surface area contributed by atoms with Gasteiger partial charge in [-0.15, -0.1) is 0 Å². The van der Waals surface area contributed by atoms with E-state index < -0.39 is 14.9 Å². The first kappa shape index (κ1) is 17.7. The number of methoxy groups -OCH3 is 1. The number of non-ortho nitro benzene ring substituents is 1. The van der Waals surface area contributed by atoms with E-state index in [9.17, 15) is 18.5 Å². The van der Waals surface area contributed by atoms with Crippen molar-refractivity contribution in [3.8, 4) is 5.75 Å². The molecule has 0 heterocycles. The smallest absolute Gasteiger partial charge is 0.273 e. The molecule has 0 aliphatic heterocycles. The first-order valence-electron chi connectivity index (χ1n) is 7.61. The molecule has 1 aliphatic carbocycles. The fraction of sp³-hybridized carbons (Fsp3) is 0.600. The van der Waals surface area contributed by atoms with Gasteiger partial charge in [0, 0.05) is 12.1 Å². The monoisotopic (exact) mass is 342 g/mol. The Morgan fingerprint density at radius 3 is 2.61 bits per heavy atom. The average molecular weight is 342 g/mol. The Morgan fingerprint density at radius 2 is 2.00 bits per heavy atom. The number of hydrogen-bond acceptors (Lipinski definition) is 5. The first-order valence-corrected chi connectivity index (χ1v) is 9.09. The number of rotatable bonds is 5. The molecule has 0 bridgehead atoms. The molecule has 23 heavy (non-hydrogen) atoms. The molecule has 0 amide bonds. The molecule has 1 N–H and O–H groups in total. The highest BCUT2D eigenvalue weighted by molar-refractivity contribution is 7.89. The Balaban J connectivity index is 2.30. The second kappa shape index (κ2) is 6.84. The molecular formula is C15H22N2O5S. The third kappa shape index (κ3) is 3.81. The van der Waals surface area contributed by atoms with E-state index >= 15 is 0 Å². The summed E-state index contributed by atoms with van der Waals surface area (Å²) < 4.78 is 33.1. The summed E-state index contributed by atoms with van der Waals surface area (Å²) in [7, 11) is -2.50. The van der Waals surface area contributed by atoms with Gasteiger partial charge in [-0.1, -0.05) is 26.7 Å². The fourth-order valence-corrected chi connectivity index (χ4v) is 4.52. The maximum atomic E-state index is 12.7. The van der Waals surface area contributed by atoms with Crippen LogP contribution >= 0.6 is 0 Å². The maximum absolute atomic E-state index is 12.7. The third-order valence-corrected chi connectivity index (χ3v) is 6.19. The Labute approximate surface area is 136 Å². The lowest BCUT2D eigenvalue weighted by Crippen LogP contribution is -2.43. The van der Waals surface area contributed by atoms with Crippen LogP contribution in [0.25, 0.3) is 0 Å². The highest BCUT2D eigenvalue weighted by atomic mass is 32.2. The van der Waals surface area contributed by atoms with Gasteiger partial charge in [0.25, 0.3) is 5.69 Å². The zero-order valence-corrected chi connectivity index (χ0v) is 14.3. The lowest BCUT2D eigenvalue weighted by Gasteiger charge is -2.34. The van der Waals surface area contributed by atoms with Gasteiger partial charge >= 0.3 is 0 Å². The summed E-state index contributed by atoms with van der Waals surface area (Å²) in [6, 6.07) is 3.38. The van der Waals surface area contributed by atoms with Gasteiger partial charge in [-0.3, -0.25) is 10.1 Å². The van der Waals surface area contributed by atoms with E-state index in [0.717, 1.165) is 25.3 Å². The predicted molar refractivity (Wildman–Crippen MR) is 85.9 cm³/mol. The van der Waals surface area contributed by atoms with Crippen LogP contribution in [0, 0.1) is 22.0 Å². The SMILES string of the molecule is COc1cc([N+](=O)[O-])ccc1S(=O)(=O)N[C@@H]1CCC[C@H](C)[C@H]1C. The normalized spacial score (nSPS) is 25.1. The van der Waals surface area contributed by atoms with Gasteiger partial charge in [0.1, 0.15) is 10.6 Å². The van der Waals surface area contributed by atoms with E-state index in [-0.39, 0.29) is 28.3 Å². The van der Waals surface area contributed by atoms with Gasteiger partial charge < -0.3 is 4.74 Å². The molecule has 1 saturated carbocycles. The first-order chi connectivity index (χ1) is 10.8. The van der Waals surface area contributed by atoms with Gasteiger partial charge in [0.15, 0.2) is 0 Å². The van der Waals surface area contributed by atoms with Crippen molar-refractivity contribution in [3.05, 3.63) is 28.3 Å². The molecule has 3 atom stereocenters. The second-order valence-electron chi connectivity index (χ2n) is 6.09. The van der Waals surface area contributed by atoms with Gasteiger partial charge in [-0.25, -0.2) is 13.1 Å². The molecule has 0 unspecified atom stereocenters. The summed E-state index contributed by atoms with van der Waals surface area (Å²) in [5.41, 5.74) is -0.208. The van der Waals surface area contributed by atoms with Gasteiger partial charge in [0.2, 0.25) is 10.0 Å². The van der Waals surface area contributed by atoms with Crippen molar-refractivity contribution >= 4 is 15.7 Å². The van der Waals surface area contributed by atoms with Crippen molar-refractivity contribution in [2.45, 2.75) is 44.0 Å². The molecule has 2 rings (SSSR count). The van der Waals surface area contributed by atoms with Gasteiger partial charge in [-0.05, 0) is 24.3 Å². The van der Waals surface area contributed by atoms with Crippen LogP contribution in [0.3, 0.4) is 0 Å². The molecule has 1 aromatic rings. The van der Waals surface area contributed by atoms with Crippen LogP contribution < -0.4 is 9.46 Å². The molecule has 0 spiro atoms. The highest BCUT2D eigenvalue weighted by Crippen LogP contribution is 2.32. The molecule has 0 aromatic heterocycles. The highest BCUT2D eigenvalue weighted by Gasteiger charge is 2.32. The summed E-state index contributed by atoms with van der Waals surface area (Å²) in [5, 5.41) is 10.8. The second-order valence-corrected chi connectivity index (χ2v) is 7.77. The lowest BCUT2D eigenvalue weighted by atomic mass is 9.78. The number of nitrogens with one attached hydrogen (secondary N) is 1. The van der Waals surface area contributed by atoms with E-state index in [0.29, 0.717) is 5.92 Å². The molecular weight excluding hydrogens is 320 g/mol. The van der Waals surface area contributed by atoms with Gasteiger partial charge in [0.05, 0.1) is 18.1 Å². The van der Waals surface area contributed by atoms with Crippen molar-refractivity contribution in [1.82, 2.24) is 4.72 Å². The van der Waals surface area contributed by atoms with Crippen LogP contribution in [0.2, 0.25) is 0 Å². The number of nitrogens with zero attached hydrogens (tertiary/aromatic N) is 1. The van der Waals surface area contributed by atoms with E-state index in [1.165, 1.54) is 19.2 Å². The van der Waals surface area contributed by atoms with Crippen LogP contribution in [0.15, 0.2) is 23.1 Å². The minimum atomic E-state index is -3.80. The number of benzene rings is 1. The Hall–Kier alpha value is -1.67. The molecule has 7 nitrogen and oxygen atoms in total. The van der Waals surface area contributed by atoms with E-state index in [1.54, 1.807) is 0 Å². The molecule has 0 saturated heterocycles. The van der Waals surface area contributed by atoms with Crippen LogP contribution in [0.1, 0.15) is 33.1 Å². The number of nitro groups is 1. The van der Waals surface area contributed by atoms with Crippen LogP contribution in [0.4, 0.5) is 5.69 Å². The summed E-state index contributed by atoms with van der Waals surface area (Å²) in [5.74, 6) is 0.668. The standard InChI is InChI=1S/C15H22N2O5S/c1-10-5-4-6-13(11(10)2)16-23(20,21)15-8-7-12(17(18)19)9-14(15)22-3/h7-11,13,16H,4-6H2,1-3H3/t10-,11+,13+/m0/s1. The summed E-state index contributed by atoms with van der Waals surface area (Å²) in [4.78, 5) is 10.2. The topological polar surface area (TPSA) is 98.5 Å². The van der Waals surface area contributed by atoms with Crippen LogP contribution in [0.5, 0.6) is 5.75 Å². The summed E-state index contributed by atoms with van der Waals surface area (Å²) >= 11 is 0. The third-order valence-electron chi connectivity index (χ3n) is 4.66. The molecule has 1 fully saturated rings. The Morgan fingerprint density at radius 1 is 1.30 bits per heavy atom. The minimum absolute atomic E-state index is 0.0248. The quantitative estimate of drug-likeness (QED) is 0.655. The zero-order valence-electron chi connectivity index (χ0n) is 13.5. The Kier molecular flexibility index (Phi) is 5.26. The summed E-state index contributed by atoms with van der Waals surface area (Å²) in [6.07, 6.45) is 2.87. The average Bonchev–Trinajstić information content (AvgIpc) is 2.51. The number of sulfonamides is 1. The van der Waals surface area contributed by atoms with Crippen LogP contribution in [-0.4, -0.2) is 26.5 Å². The molecule has 1 aliphatic rings. The molecule has 0 radical (unpaired) electrons. The number of nitro benzene ring substituents is 1. The van der Waals surface area contributed by atoms with E-state index in [2.05, 4.69) is 11.6 Å². The predicted octanol–water partition coefficient (Wildman–Crippen LogP) is 2.71. The summed E-state index contributed by atoms with van der Waals surface area (Å²) in [6.45, 7) is 4.17. The number of ether oxygens (including phenoxy) is 1. The minimum Gasteiger partial charge on any atom is -0.495 e. The lowest BCUT2D eigenvalue weighted by molar-refractivity contribution is -0.385. The fourth-order valence-electron chi connectivity index (χ4n) is 3.00. The molecule has 8 heteroatoms. The maximum Gasteiger partial charge on any atom is 0.273 e. The molecule has 1 aromatic carbocycles. The van der Waals surface area contributed by atoms with E-state index in [4.69, 9.17) is 4.74 Å². The van der Waals surface area contributed by atoms with Crippen molar-refractivity contribution in [2.24, 2.45) is 11.8 Å². The van der Waals surface area contributed by atoms with Crippen molar-refractivity contribution in [1.29, 1.82) is 0 Å². The number of hydrogen-bond donors (Lipinski definition) is 1. The van der Waals surface area contributed by atoms with Crippen molar-refractivity contribution < 1.29 is 18.1 Å². The zero-order chi connectivity index (χ0) is 17.2. The van der Waals surface area contributed by atoms with Crippen molar-refractivity contribution in [3.63, 3.8) is 0 Å². The van der Waals surface area contributed by atoms with Crippen molar-refractivity contribution in [2.75, 3.05) is 7.11 Å². The molecule has 128 valence electrons. The van der Waals surface area contributed by atoms with Crippen LogP contribution in [-0.2, 0) is 10.0 Å². The van der Waals surface area contributed by atoms with Gasteiger partial charge in [-0.2, -0.15) is 0 Å². The van der Waals surface area contributed by atoms with E-state index in [1.807, 2.05) is 6.92 Å². The largest absolute Gasteiger partial charge is 0.495 e. The Bertz CT molecular complexity index is 689.